The molecule has 156 valence electrons. The molecular weight excluding hydrogens is 384 g/mol. The summed E-state index contributed by atoms with van der Waals surface area (Å²) < 4.78 is 5.35. The zero-order valence-corrected chi connectivity index (χ0v) is 16.9. The molecule has 3 rings (SSSR count). The summed E-state index contributed by atoms with van der Waals surface area (Å²) in [6.07, 6.45) is 3.49. The summed E-state index contributed by atoms with van der Waals surface area (Å²) in [6, 6.07) is 10.7. The number of nitrogens with one attached hydrogen (secondary N) is 1. The third-order valence-corrected chi connectivity index (χ3v) is 5.97. The predicted octanol–water partition coefficient (Wildman–Crippen LogP) is 2.62. The maximum absolute atomic E-state index is 13.0. The molecule has 0 bridgehead atoms. The average molecular weight is 408 g/mol. The van der Waals surface area contributed by atoms with Crippen LogP contribution in [0.25, 0.3) is 0 Å². The van der Waals surface area contributed by atoms with Crippen LogP contribution in [0.5, 0.6) is 5.75 Å². The van der Waals surface area contributed by atoms with E-state index in [9.17, 15) is 24.9 Å². The molecule has 1 N–H and O–H groups in total. The van der Waals surface area contributed by atoms with E-state index in [0.717, 1.165) is 24.2 Å². The Labute approximate surface area is 175 Å². The zero-order valence-electron chi connectivity index (χ0n) is 16.9. The number of amides is 3. The van der Waals surface area contributed by atoms with Gasteiger partial charge in [-0.15, -0.1) is 0 Å². The highest BCUT2D eigenvalue weighted by molar-refractivity contribution is 6.07. The molecule has 8 heteroatoms. The van der Waals surface area contributed by atoms with Gasteiger partial charge in [-0.05, 0) is 44.0 Å². The molecule has 0 aromatic heterocycles. The van der Waals surface area contributed by atoms with E-state index in [4.69, 9.17) is 4.74 Å². The number of nitrogens with zero attached hydrogens (tertiary/aromatic N) is 3. The lowest BCUT2D eigenvalue weighted by Crippen LogP contribution is -2.61. The van der Waals surface area contributed by atoms with Crippen molar-refractivity contribution >= 4 is 23.4 Å². The monoisotopic (exact) mass is 408 g/mol. The SMILES string of the molecule is CCOc1ccc(NC(=O)CN2C(=O)C(C#N)C3(CCCCC3)C(C#N)C2=O)cc1. The number of carbonyl (C=O) groups excluding carboxylic acids is 3. The van der Waals surface area contributed by atoms with Gasteiger partial charge in [0.2, 0.25) is 17.7 Å². The number of nitriles is 2. The van der Waals surface area contributed by atoms with Crippen LogP contribution in [0, 0.1) is 39.9 Å². The van der Waals surface area contributed by atoms with Crippen molar-refractivity contribution in [2.75, 3.05) is 18.5 Å². The lowest BCUT2D eigenvalue weighted by Gasteiger charge is -2.47. The van der Waals surface area contributed by atoms with E-state index in [0.29, 0.717) is 30.9 Å². The molecule has 1 saturated heterocycles. The van der Waals surface area contributed by atoms with Crippen LogP contribution in [0.3, 0.4) is 0 Å². The first-order valence-corrected chi connectivity index (χ1v) is 10.1. The highest BCUT2D eigenvalue weighted by atomic mass is 16.5. The number of carbonyl (C=O) groups is 3. The minimum absolute atomic E-state index is 0.484. The topological polar surface area (TPSA) is 123 Å². The standard InChI is InChI=1S/C22H24N4O4/c1-2-30-16-8-6-15(7-9-16)25-19(27)14-26-20(28)17(12-23)22(10-4-3-5-11-22)18(13-24)21(26)29/h6-9,17-18H,2-5,10-11,14H2,1H3,(H,25,27). The van der Waals surface area contributed by atoms with Gasteiger partial charge in [0.25, 0.3) is 0 Å². The molecule has 1 aromatic rings. The van der Waals surface area contributed by atoms with Gasteiger partial charge in [0, 0.05) is 11.1 Å². The van der Waals surface area contributed by atoms with Crippen molar-refractivity contribution in [3.05, 3.63) is 24.3 Å². The van der Waals surface area contributed by atoms with E-state index < -0.39 is 41.5 Å². The second-order valence-corrected chi connectivity index (χ2v) is 7.69. The normalized spacial score (nSPS) is 22.8. The third-order valence-electron chi connectivity index (χ3n) is 5.97. The number of hydrogen-bond donors (Lipinski definition) is 1. The molecule has 0 radical (unpaired) electrons. The maximum Gasteiger partial charge on any atom is 0.247 e. The first-order valence-electron chi connectivity index (χ1n) is 10.1. The summed E-state index contributed by atoms with van der Waals surface area (Å²) in [5, 5.41) is 22.0. The molecule has 3 amide bonds. The van der Waals surface area contributed by atoms with E-state index in [2.05, 4.69) is 5.32 Å². The summed E-state index contributed by atoms with van der Waals surface area (Å²) >= 11 is 0. The highest BCUT2D eigenvalue weighted by Crippen LogP contribution is 2.51. The van der Waals surface area contributed by atoms with Crippen LogP contribution < -0.4 is 10.1 Å². The van der Waals surface area contributed by atoms with E-state index >= 15 is 0 Å². The number of anilines is 1. The molecule has 8 nitrogen and oxygen atoms in total. The summed E-state index contributed by atoms with van der Waals surface area (Å²) in [5.74, 6) is -3.48. The van der Waals surface area contributed by atoms with Gasteiger partial charge in [0.1, 0.15) is 24.1 Å². The largest absolute Gasteiger partial charge is 0.494 e. The van der Waals surface area contributed by atoms with Crippen molar-refractivity contribution in [1.29, 1.82) is 10.5 Å². The van der Waals surface area contributed by atoms with Crippen molar-refractivity contribution in [2.45, 2.75) is 39.0 Å². The first kappa shape index (κ1) is 21.3. The molecule has 1 aliphatic heterocycles. The van der Waals surface area contributed by atoms with Crippen LogP contribution in [0.15, 0.2) is 24.3 Å². The molecule has 1 heterocycles. The Hall–Kier alpha value is -3.39. The van der Waals surface area contributed by atoms with Gasteiger partial charge in [-0.25, -0.2) is 0 Å². The minimum atomic E-state index is -1.10. The van der Waals surface area contributed by atoms with Crippen molar-refractivity contribution in [3.63, 3.8) is 0 Å². The molecule has 1 aliphatic carbocycles. The van der Waals surface area contributed by atoms with Crippen LogP contribution in [-0.4, -0.2) is 35.8 Å². The van der Waals surface area contributed by atoms with Gasteiger partial charge in [0.05, 0.1) is 18.7 Å². The number of piperidine rings is 1. The lowest BCUT2D eigenvalue weighted by molar-refractivity contribution is -0.164. The fraction of sp³-hybridized carbons (Fsp3) is 0.500. The van der Waals surface area contributed by atoms with E-state index in [1.54, 1.807) is 24.3 Å². The van der Waals surface area contributed by atoms with Gasteiger partial charge < -0.3 is 10.1 Å². The fourth-order valence-corrected chi connectivity index (χ4v) is 4.53. The van der Waals surface area contributed by atoms with E-state index in [-0.39, 0.29) is 0 Å². The Morgan fingerprint density at radius 2 is 1.67 bits per heavy atom. The van der Waals surface area contributed by atoms with Gasteiger partial charge in [0.15, 0.2) is 0 Å². The molecule has 2 atom stereocenters. The van der Waals surface area contributed by atoms with Gasteiger partial charge in [-0.1, -0.05) is 19.3 Å². The molecule has 2 unspecified atom stereocenters. The number of rotatable bonds is 5. The summed E-state index contributed by atoms with van der Waals surface area (Å²) in [7, 11) is 0. The minimum Gasteiger partial charge on any atom is -0.494 e. The van der Waals surface area contributed by atoms with Crippen molar-refractivity contribution in [2.24, 2.45) is 17.3 Å². The van der Waals surface area contributed by atoms with E-state index in [1.807, 2.05) is 19.1 Å². The Morgan fingerprint density at radius 3 is 2.17 bits per heavy atom. The smallest absolute Gasteiger partial charge is 0.247 e. The van der Waals surface area contributed by atoms with Crippen LogP contribution in [0.1, 0.15) is 39.0 Å². The van der Waals surface area contributed by atoms with Crippen LogP contribution in [0.4, 0.5) is 5.69 Å². The van der Waals surface area contributed by atoms with Crippen molar-refractivity contribution < 1.29 is 19.1 Å². The Morgan fingerprint density at radius 1 is 1.10 bits per heavy atom. The first-order chi connectivity index (χ1) is 14.5. The van der Waals surface area contributed by atoms with E-state index in [1.165, 1.54) is 0 Å². The van der Waals surface area contributed by atoms with Gasteiger partial charge in [-0.3, -0.25) is 19.3 Å². The van der Waals surface area contributed by atoms with Crippen LogP contribution in [0.2, 0.25) is 0 Å². The molecular formula is C22H24N4O4. The van der Waals surface area contributed by atoms with Crippen molar-refractivity contribution in [3.8, 4) is 17.9 Å². The Kier molecular flexibility index (Phi) is 6.37. The predicted molar refractivity (Wildman–Crippen MR) is 107 cm³/mol. The Bertz CT molecular complexity index is 871. The quantitative estimate of drug-likeness (QED) is 0.747. The molecule has 30 heavy (non-hydrogen) atoms. The molecule has 1 aromatic carbocycles. The summed E-state index contributed by atoms with van der Waals surface area (Å²) in [5.41, 5.74) is -0.462. The number of likely N-dealkylation sites (tertiary alicyclic amines) is 1. The summed E-state index contributed by atoms with van der Waals surface area (Å²) in [6.45, 7) is 1.85. The molecule has 1 saturated carbocycles. The van der Waals surface area contributed by atoms with Gasteiger partial charge >= 0.3 is 0 Å². The van der Waals surface area contributed by atoms with Gasteiger partial charge in [-0.2, -0.15) is 10.5 Å². The second kappa shape index (κ2) is 8.96. The molecule has 2 fully saturated rings. The van der Waals surface area contributed by atoms with Crippen LogP contribution in [-0.2, 0) is 14.4 Å². The number of ether oxygens (including phenoxy) is 1. The van der Waals surface area contributed by atoms with Crippen molar-refractivity contribution in [1.82, 2.24) is 4.90 Å². The zero-order chi connectivity index (χ0) is 21.7. The third kappa shape index (κ3) is 3.86. The fourth-order valence-electron chi connectivity index (χ4n) is 4.53. The molecule has 1 spiro atoms. The van der Waals surface area contributed by atoms with Crippen LogP contribution >= 0.6 is 0 Å². The number of imide groups is 1. The Balaban J connectivity index is 1.76. The lowest BCUT2D eigenvalue weighted by atomic mass is 9.57. The summed E-state index contributed by atoms with van der Waals surface area (Å²) in [4.78, 5) is 39.2. The second-order valence-electron chi connectivity index (χ2n) is 7.69. The number of hydrogen-bond acceptors (Lipinski definition) is 6. The highest BCUT2D eigenvalue weighted by Gasteiger charge is 2.59. The molecule has 2 aliphatic rings. The average Bonchev–Trinajstić information content (AvgIpc) is 2.74. The maximum atomic E-state index is 13.0. The number of benzene rings is 1.